The number of nitrogens with one attached hydrogen (secondary N) is 1. The first-order valence-corrected chi connectivity index (χ1v) is 7.27. The van der Waals surface area contributed by atoms with Gasteiger partial charge in [-0.3, -0.25) is 4.79 Å². The molecule has 0 aliphatic carbocycles. The zero-order valence-electron chi connectivity index (χ0n) is 13.0. The molecule has 2 rings (SSSR count). The van der Waals surface area contributed by atoms with E-state index in [-0.39, 0.29) is 12.6 Å². The number of hydrogen-bond acceptors (Lipinski definition) is 3. The van der Waals surface area contributed by atoms with Crippen LogP contribution < -0.4 is 5.32 Å². The minimum absolute atomic E-state index is 0.217. The highest BCUT2D eigenvalue weighted by molar-refractivity contribution is 5.79. The van der Waals surface area contributed by atoms with Crippen LogP contribution in [0.4, 0.5) is 4.79 Å². The van der Waals surface area contributed by atoms with Gasteiger partial charge in [-0.1, -0.05) is 24.3 Å². The molecule has 1 heterocycles. The summed E-state index contributed by atoms with van der Waals surface area (Å²) in [4.78, 5) is 24.9. The van der Waals surface area contributed by atoms with Crippen LogP contribution in [-0.2, 0) is 22.7 Å². The predicted octanol–water partition coefficient (Wildman–Crippen LogP) is 1.84. The highest BCUT2D eigenvalue weighted by Gasteiger charge is 2.42. The van der Waals surface area contributed by atoms with Crippen molar-refractivity contribution < 1.29 is 19.4 Å². The van der Waals surface area contributed by atoms with Crippen molar-refractivity contribution in [3.05, 3.63) is 35.4 Å². The lowest BCUT2D eigenvalue weighted by Gasteiger charge is -2.20. The van der Waals surface area contributed by atoms with Gasteiger partial charge in [0.15, 0.2) is 0 Å². The molecule has 1 atom stereocenters. The summed E-state index contributed by atoms with van der Waals surface area (Å²) in [6.07, 6.45) is 0.488. The van der Waals surface area contributed by atoms with Gasteiger partial charge in [0.2, 0.25) is 0 Å². The minimum Gasteiger partial charge on any atom is -0.481 e. The van der Waals surface area contributed by atoms with Gasteiger partial charge in [0, 0.05) is 26.7 Å². The Morgan fingerprint density at radius 2 is 1.95 bits per heavy atom. The zero-order valence-corrected chi connectivity index (χ0v) is 13.0. The SMILES string of the molecule is COCc1ccc(CNC(=O)N2CCC(C)(C(=O)O)C2)cc1. The lowest BCUT2D eigenvalue weighted by Crippen LogP contribution is -2.40. The van der Waals surface area contributed by atoms with E-state index in [4.69, 9.17) is 4.74 Å². The van der Waals surface area contributed by atoms with Crippen LogP contribution in [0, 0.1) is 5.41 Å². The molecule has 0 bridgehead atoms. The molecule has 1 saturated heterocycles. The zero-order chi connectivity index (χ0) is 16.2. The Bertz CT molecular complexity index is 544. The van der Waals surface area contributed by atoms with E-state index in [2.05, 4.69) is 5.32 Å². The minimum atomic E-state index is -0.850. The largest absolute Gasteiger partial charge is 0.481 e. The van der Waals surface area contributed by atoms with Crippen molar-refractivity contribution in [2.45, 2.75) is 26.5 Å². The maximum atomic E-state index is 12.1. The first-order valence-electron chi connectivity index (χ1n) is 7.27. The Labute approximate surface area is 130 Å². The molecule has 22 heavy (non-hydrogen) atoms. The number of urea groups is 1. The van der Waals surface area contributed by atoms with E-state index in [1.165, 1.54) is 0 Å². The fourth-order valence-corrected chi connectivity index (χ4v) is 2.52. The molecule has 0 saturated carbocycles. The average molecular weight is 306 g/mol. The third-order valence-electron chi connectivity index (χ3n) is 4.05. The van der Waals surface area contributed by atoms with Gasteiger partial charge in [0.1, 0.15) is 0 Å². The number of carbonyl (C=O) groups is 2. The van der Waals surface area contributed by atoms with E-state index < -0.39 is 11.4 Å². The summed E-state index contributed by atoms with van der Waals surface area (Å²) in [7, 11) is 1.65. The summed E-state index contributed by atoms with van der Waals surface area (Å²) in [5.41, 5.74) is 1.24. The summed E-state index contributed by atoms with van der Waals surface area (Å²) >= 11 is 0. The molecule has 1 aromatic rings. The smallest absolute Gasteiger partial charge is 0.317 e. The molecule has 0 aromatic heterocycles. The highest BCUT2D eigenvalue weighted by Crippen LogP contribution is 2.29. The van der Waals surface area contributed by atoms with Crippen molar-refractivity contribution in [1.82, 2.24) is 10.2 Å². The van der Waals surface area contributed by atoms with Gasteiger partial charge in [-0.2, -0.15) is 0 Å². The van der Waals surface area contributed by atoms with E-state index in [1.54, 1.807) is 18.9 Å². The van der Waals surface area contributed by atoms with Crippen molar-refractivity contribution in [1.29, 1.82) is 0 Å². The number of amides is 2. The number of benzene rings is 1. The van der Waals surface area contributed by atoms with Crippen LogP contribution in [0.3, 0.4) is 0 Å². The lowest BCUT2D eigenvalue weighted by atomic mass is 9.90. The molecule has 120 valence electrons. The normalized spacial score (nSPS) is 20.9. The molecule has 1 unspecified atom stereocenters. The molecule has 6 heteroatoms. The van der Waals surface area contributed by atoms with Gasteiger partial charge >= 0.3 is 12.0 Å². The first-order chi connectivity index (χ1) is 10.4. The van der Waals surface area contributed by atoms with Crippen LogP contribution in [0.5, 0.6) is 0 Å². The molecule has 1 fully saturated rings. The molecule has 2 amide bonds. The Morgan fingerprint density at radius 3 is 2.50 bits per heavy atom. The van der Waals surface area contributed by atoms with Crippen LogP contribution in [0.2, 0.25) is 0 Å². The van der Waals surface area contributed by atoms with Crippen molar-refractivity contribution in [3.63, 3.8) is 0 Å². The van der Waals surface area contributed by atoms with E-state index in [1.807, 2.05) is 24.3 Å². The highest BCUT2D eigenvalue weighted by atomic mass is 16.5. The summed E-state index contributed by atoms with van der Waals surface area (Å²) < 4.78 is 5.05. The Morgan fingerprint density at radius 1 is 1.32 bits per heavy atom. The molecule has 1 aromatic carbocycles. The Kier molecular flexibility index (Phi) is 5.03. The number of nitrogens with zero attached hydrogens (tertiary/aromatic N) is 1. The number of carbonyl (C=O) groups excluding carboxylic acids is 1. The standard InChI is InChI=1S/C16H22N2O4/c1-16(14(19)20)7-8-18(11-16)15(21)17-9-12-3-5-13(6-4-12)10-22-2/h3-6H,7-11H2,1-2H3,(H,17,21)(H,19,20). The number of carboxylic acid groups (broad SMARTS) is 1. The number of likely N-dealkylation sites (tertiary alicyclic amines) is 1. The van der Waals surface area contributed by atoms with E-state index in [0.717, 1.165) is 11.1 Å². The van der Waals surface area contributed by atoms with Crippen molar-refractivity contribution in [2.75, 3.05) is 20.2 Å². The molecule has 1 aliphatic rings. The fourth-order valence-electron chi connectivity index (χ4n) is 2.52. The van der Waals surface area contributed by atoms with Crippen molar-refractivity contribution in [2.24, 2.45) is 5.41 Å². The predicted molar refractivity (Wildman–Crippen MR) is 81.3 cm³/mol. The number of carboxylic acids is 1. The second kappa shape index (κ2) is 6.79. The summed E-state index contributed by atoms with van der Waals surface area (Å²) in [5.74, 6) is -0.850. The molecule has 0 radical (unpaired) electrons. The maximum Gasteiger partial charge on any atom is 0.317 e. The third-order valence-corrected chi connectivity index (χ3v) is 4.05. The summed E-state index contributed by atoms with van der Waals surface area (Å²) in [6, 6.07) is 7.59. The van der Waals surface area contributed by atoms with Gasteiger partial charge in [-0.05, 0) is 24.5 Å². The molecular formula is C16H22N2O4. The number of methoxy groups -OCH3 is 1. The quantitative estimate of drug-likeness (QED) is 0.870. The second-order valence-corrected chi connectivity index (χ2v) is 5.95. The van der Waals surface area contributed by atoms with E-state index in [9.17, 15) is 14.7 Å². The van der Waals surface area contributed by atoms with Crippen LogP contribution in [0.25, 0.3) is 0 Å². The fraction of sp³-hybridized carbons (Fsp3) is 0.500. The third kappa shape index (κ3) is 3.76. The van der Waals surface area contributed by atoms with Crippen molar-refractivity contribution in [3.8, 4) is 0 Å². The average Bonchev–Trinajstić information content (AvgIpc) is 2.91. The van der Waals surface area contributed by atoms with Gasteiger partial charge in [-0.15, -0.1) is 0 Å². The first kappa shape index (κ1) is 16.3. The van der Waals surface area contributed by atoms with E-state index >= 15 is 0 Å². The monoisotopic (exact) mass is 306 g/mol. The topological polar surface area (TPSA) is 78.9 Å². The molecule has 2 N–H and O–H groups in total. The van der Waals surface area contributed by atoms with Crippen LogP contribution in [0.15, 0.2) is 24.3 Å². The second-order valence-electron chi connectivity index (χ2n) is 5.95. The molecule has 0 spiro atoms. The number of hydrogen-bond donors (Lipinski definition) is 2. The maximum absolute atomic E-state index is 12.1. The summed E-state index contributed by atoms with van der Waals surface area (Å²) in [5, 5.41) is 12.0. The van der Waals surface area contributed by atoms with Gasteiger partial charge in [-0.25, -0.2) is 4.79 Å². The number of rotatable bonds is 5. The molecule has 1 aliphatic heterocycles. The molecule has 6 nitrogen and oxygen atoms in total. The Hall–Kier alpha value is -2.08. The number of ether oxygens (including phenoxy) is 1. The van der Waals surface area contributed by atoms with Gasteiger partial charge in [0.05, 0.1) is 12.0 Å². The lowest BCUT2D eigenvalue weighted by molar-refractivity contribution is -0.146. The summed E-state index contributed by atoms with van der Waals surface area (Å²) in [6.45, 7) is 3.39. The van der Waals surface area contributed by atoms with Crippen molar-refractivity contribution >= 4 is 12.0 Å². The van der Waals surface area contributed by atoms with Gasteiger partial charge < -0.3 is 20.1 Å². The number of aliphatic carboxylic acids is 1. The van der Waals surface area contributed by atoms with Crippen LogP contribution >= 0.6 is 0 Å². The molecular weight excluding hydrogens is 284 g/mol. The van der Waals surface area contributed by atoms with Crippen LogP contribution in [-0.4, -0.2) is 42.2 Å². The van der Waals surface area contributed by atoms with E-state index in [0.29, 0.717) is 26.1 Å². The van der Waals surface area contributed by atoms with Crippen LogP contribution in [0.1, 0.15) is 24.5 Å². The Balaban J connectivity index is 1.84. The van der Waals surface area contributed by atoms with Gasteiger partial charge in [0.25, 0.3) is 0 Å².